The van der Waals surface area contributed by atoms with Gasteiger partial charge in [0.25, 0.3) is 5.56 Å². The monoisotopic (exact) mass is 479 g/mol. The van der Waals surface area contributed by atoms with E-state index < -0.39 is 12.0 Å². The Morgan fingerprint density at radius 2 is 1.88 bits per heavy atom. The van der Waals surface area contributed by atoms with Gasteiger partial charge in [0.1, 0.15) is 10.8 Å². The molecule has 0 bridgehead atoms. The maximum absolute atomic E-state index is 12.9. The van der Waals surface area contributed by atoms with E-state index in [0.29, 0.717) is 33.1 Å². The summed E-state index contributed by atoms with van der Waals surface area (Å²) in [6.07, 6.45) is 1.47. The van der Waals surface area contributed by atoms with E-state index >= 15 is 0 Å². The van der Waals surface area contributed by atoms with Gasteiger partial charge in [-0.1, -0.05) is 35.3 Å². The van der Waals surface area contributed by atoms with Gasteiger partial charge in [-0.3, -0.25) is 9.20 Å². The second-order valence-electron chi connectivity index (χ2n) is 7.18. The highest BCUT2D eigenvalue weighted by molar-refractivity contribution is 6.30. The first-order chi connectivity index (χ1) is 15.8. The molecule has 3 heterocycles. The van der Waals surface area contributed by atoms with Gasteiger partial charge in [0.15, 0.2) is 5.69 Å². The van der Waals surface area contributed by atoms with Gasteiger partial charge in [0, 0.05) is 23.4 Å². The summed E-state index contributed by atoms with van der Waals surface area (Å²) in [5, 5.41) is 21.9. The van der Waals surface area contributed by atoms with Crippen LogP contribution in [0.15, 0.2) is 59.5 Å². The summed E-state index contributed by atoms with van der Waals surface area (Å²) in [7, 11) is 0. The number of halogens is 2. The van der Waals surface area contributed by atoms with Gasteiger partial charge in [-0.15, -0.1) is 0 Å². The van der Waals surface area contributed by atoms with Crippen molar-refractivity contribution in [2.24, 2.45) is 0 Å². The third kappa shape index (κ3) is 4.51. The molecule has 1 aromatic carbocycles. The molecule has 0 unspecified atom stereocenters. The van der Waals surface area contributed by atoms with Crippen LogP contribution >= 0.6 is 23.2 Å². The number of anilines is 1. The zero-order valence-electron chi connectivity index (χ0n) is 17.1. The fourth-order valence-electron chi connectivity index (χ4n) is 3.40. The fourth-order valence-corrected chi connectivity index (χ4v) is 3.76. The number of carbonyl (C=O) groups is 1. The summed E-state index contributed by atoms with van der Waals surface area (Å²) < 4.78 is 1.33. The van der Waals surface area contributed by atoms with Crippen molar-refractivity contribution in [3.05, 3.63) is 92.1 Å². The molecule has 33 heavy (non-hydrogen) atoms. The third-order valence-electron chi connectivity index (χ3n) is 4.97. The van der Waals surface area contributed by atoms with Crippen LogP contribution in [0.1, 0.15) is 34.6 Å². The number of aromatic carboxylic acids is 1. The number of carboxylic acid groups (broad SMARTS) is 1. The molecule has 2 N–H and O–H groups in total. The van der Waals surface area contributed by atoms with Crippen LogP contribution in [0.3, 0.4) is 0 Å². The molecule has 0 aliphatic heterocycles. The first kappa shape index (κ1) is 22.3. The lowest BCUT2D eigenvalue weighted by atomic mass is 10.1. The molecule has 3 aromatic heterocycles. The number of fused-ring (bicyclic) bond motifs is 1. The molecule has 10 heteroatoms. The molecular formula is C23H15Cl2N5O3. The van der Waals surface area contributed by atoms with Crippen molar-refractivity contribution in [3.8, 4) is 17.3 Å². The number of aromatic nitrogens is 3. The second-order valence-corrected chi connectivity index (χ2v) is 8.00. The van der Waals surface area contributed by atoms with Crippen LogP contribution in [-0.2, 0) is 0 Å². The summed E-state index contributed by atoms with van der Waals surface area (Å²) in [6.45, 7) is 1.78. The molecule has 0 fully saturated rings. The van der Waals surface area contributed by atoms with E-state index in [1.807, 2.05) is 0 Å². The number of hydrogen-bond acceptors (Lipinski definition) is 6. The predicted octanol–water partition coefficient (Wildman–Crippen LogP) is 4.81. The standard InChI is InChI=1S/C23H15Cl2N5O3/c1-12(27-17-6-7-19(25)29-21(17)23(32)33)16-8-15(24)11-30-20(31)9-18(28-22(16)30)14-4-2-13(10-26)3-5-14/h2-9,11-12,27H,1H3,(H,32,33)/t12-/m1/s1. The number of carboxylic acids is 1. The Labute approximate surface area is 197 Å². The average molecular weight is 480 g/mol. The molecule has 0 radical (unpaired) electrons. The summed E-state index contributed by atoms with van der Waals surface area (Å²) in [5.74, 6) is -1.24. The minimum absolute atomic E-state index is 0.0547. The van der Waals surface area contributed by atoms with Gasteiger partial charge in [-0.05, 0) is 37.3 Å². The van der Waals surface area contributed by atoms with Crippen molar-refractivity contribution in [2.45, 2.75) is 13.0 Å². The Bertz CT molecular complexity index is 1490. The summed E-state index contributed by atoms with van der Waals surface area (Å²) in [4.78, 5) is 33.0. The molecule has 4 rings (SSSR count). The molecule has 164 valence electrons. The van der Waals surface area contributed by atoms with E-state index in [2.05, 4.69) is 21.4 Å². The topological polar surface area (TPSA) is 120 Å². The number of nitrogens with one attached hydrogen (secondary N) is 1. The van der Waals surface area contributed by atoms with E-state index in [1.54, 1.807) is 37.3 Å². The molecule has 0 saturated carbocycles. The zero-order chi connectivity index (χ0) is 23.7. The molecule has 0 amide bonds. The van der Waals surface area contributed by atoms with Gasteiger partial charge in [-0.25, -0.2) is 14.8 Å². The third-order valence-corrected chi connectivity index (χ3v) is 5.39. The number of nitrogens with zero attached hydrogens (tertiary/aromatic N) is 4. The molecule has 0 saturated heterocycles. The van der Waals surface area contributed by atoms with Crippen LogP contribution in [0.4, 0.5) is 5.69 Å². The van der Waals surface area contributed by atoms with E-state index in [4.69, 9.17) is 28.5 Å². The molecular weight excluding hydrogens is 465 g/mol. The number of nitriles is 1. The maximum Gasteiger partial charge on any atom is 0.356 e. The van der Waals surface area contributed by atoms with Crippen molar-refractivity contribution in [1.29, 1.82) is 5.26 Å². The van der Waals surface area contributed by atoms with Gasteiger partial charge < -0.3 is 10.4 Å². The minimum Gasteiger partial charge on any atom is -0.476 e. The molecule has 0 aliphatic carbocycles. The first-order valence-electron chi connectivity index (χ1n) is 9.66. The van der Waals surface area contributed by atoms with Gasteiger partial charge in [0.05, 0.1) is 34.1 Å². The summed E-state index contributed by atoms with van der Waals surface area (Å²) in [6, 6.07) is 14.3. The highest BCUT2D eigenvalue weighted by atomic mass is 35.5. The lowest BCUT2D eigenvalue weighted by Gasteiger charge is -2.19. The molecule has 4 aromatic rings. The Balaban J connectivity index is 1.83. The normalized spacial score (nSPS) is 11.7. The highest BCUT2D eigenvalue weighted by Gasteiger charge is 2.19. The quantitative estimate of drug-likeness (QED) is 0.394. The van der Waals surface area contributed by atoms with E-state index in [-0.39, 0.29) is 22.1 Å². The van der Waals surface area contributed by atoms with E-state index in [9.17, 15) is 14.7 Å². The lowest BCUT2D eigenvalue weighted by molar-refractivity contribution is 0.0691. The van der Waals surface area contributed by atoms with Crippen LogP contribution in [0.2, 0.25) is 10.2 Å². The summed E-state index contributed by atoms with van der Waals surface area (Å²) in [5.41, 5.74) is 2.20. The SMILES string of the molecule is C[C@@H](Nc1ccc(Cl)nc1C(=O)O)c1cc(Cl)cn2c(=O)cc(-c3ccc(C#N)cc3)nc12. The van der Waals surface area contributed by atoms with E-state index in [0.717, 1.165) is 0 Å². The number of benzene rings is 1. The van der Waals surface area contributed by atoms with Crippen LogP contribution in [0.5, 0.6) is 0 Å². The molecule has 1 atom stereocenters. The minimum atomic E-state index is -1.24. The van der Waals surface area contributed by atoms with Crippen molar-refractivity contribution in [3.63, 3.8) is 0 Å². The Hall–Kier alpha value is -3.93. The number of hydrogen-bond donors (Lipinski definition) is 2. The van der Waals surface area contributed by atoms with Crippen LogP contribution in [0, 0.1) is 11.3 Å². The van der Waals surface area contributed by atoms with Crippen molar-refractivity contribution in [2.75, 3.05) is 5.32 Å². The largest absolute Gasteiger partial charge is 0.476 e. The predicted molar refractivity (Wildman–Crippen MR) is 125 cm³/mol. The molecule has 0 aliphatic rings. The van der Waals surface area contributed by atoms with Crippen molar-refractivity contribution in [1.82, 2.24) is 14.4 Å². The number of rotatable bonds is 5. The molecule has 0 spiro atoms. The number of pyridine rings is 2. The Kier molecular flexibility index (Phi) is 6.01. The average Bonchev–Trinajstić information content (AvgIpc) is 2.80. The van der Waals surface area contributed by atoms with Crippen LogP contribution < -0.4 is 10.9 Å². The van der Waals surface area contributed by atoms with Crippen LogP contribution in [0.25, 0.3) is 16.9 Å². The molecule has 8 nitrogen and oxygen atoms in total. The second kappa shape index (κ2) is 8.90. The maximum atomic E-state index is 12.9. The van der Waals surface area contributed by atoms with E-state index in [1.165, 1.54) is 28.8 Å². The Morgan fingerprint density at radius 1 is 1.15 bits per heavy atom. The van der Waals surface area contributed by atoms with Gasteiger partial charge in [0.2, 0.25) is 0 Å². The lowest BCUT2D eigenvalue weighted by Crippen LogP contribution is -2.19. The van der Waals surface area contributed by atoms with Crippen molar-refractivity contribution < 1.29 is 9.90 Å². The van der Waals surface area contributed by atoms with Gasteiger partial charge in [-0.2, -0.15) is 5.26 Å². The highest BCUT2D eigenvalue weighted by Crippen LogP contribution is 2.28. The smallest absolute Gasteiger partial charge is 0.356 e. The van der Waals surface area contributed by atoms with Gasteiger partial charge >= 0.3 is 5.97 Å². The van der Waals surface area contributed by atoms with Crippen molar-refractivity contribution >= 4 is 40.5 Å². The first-order valence-corrected chi connectivity index (χ1v) is 10.4. The van der Waals surface area contributed by atoms with Crippen LogP contribution in [-0.4, -0.2) is 25.4 Å². The summed E-state index contributed by atoms with van der Waals surface area (Å²) >= 11 is 12.1. The zero-order valence-corrected chi connectivity index (χ0v) is 18.6. The fraction of sp³-hybridized carbons (Fsp3) is 0.0870. The Morgan fingerprint density at radius 3 is 2.55 bits per heavy atom.